The van der Waals surface area contributed by atoms with Crippen LogP contribution in [0.3, 0.4) is 0 Å². The number of hydrogen-bond acceptors (Lipinski definition) is 6. The van der Waals surface area contributed by atoms with Gasteiger partial charge in [0.1, 0.15) is 5.82 Å². The van der Waals surface area contributed by atoms with Crippen molar-refractivity contribution in [3.8, 4) is 5.69 Å². The maximum atomic E-state index is 13.6. The SMILES string of the molecule is Cc1cc2c(cnn2-c2ccc(F)cc2)cc1CCN(C[C@@H]1C[C@H]1C(=O)NC1CCCC1)S(=O)(=O)c1cnn(C)n1. The van der Waals surface area contributed by atoms with Crippen LogP contribution < -0.4 is 5.32 Å². The molecule has 12 heteroatoms. The van der Waals surface area contributed by atoms with Gasteiger partial charge in [0.15, 0.2) is 0 Å². The Morgan fingerprint density at radius 2 is 1.88 bits per heavy atom. The minimum Gasteiger partial charge on any atom is -0.353 e. The lowest BCUT2D eigenvalue weighted by Gasteiger charge is -2.22. The van der Waals surface area contributed by atoms with Crippen molar-refractivity contribution in [1.29, 1.82) is 0 Å². The maximum Gasteiger partial charge on any atom is 0.264 e. The first-order chi connectivity index (χ1) is 19.7. The minimum atomic E-state index is -3.91. The van der Waals surface area contributed by atoms with Crippen LogP contribution in [0.1, 0.15) is 43.2 Å². The van der Waals surface area contributed by atoms with Crippen LogP contribution >= 0.6 is 0 Å². The van der Waals surface area contributed by atoms with E-state index in [1.54, 1.807) is 30.1 Å². The number of rotatable bonds is 10. The van der Waals surface area contributed by atoms with Crippen molar-refractivity contribution in [3.63, 3.8) is 0 Å². The molecule has 2 aliphatic carbocycles. The molecule has 1 amide bonds. The zero-order valence-corrected chi connectivity index (χ0v) is 24.0. The number of carbonyl (C=O) groups is 1. The fourth-order valence-corrected chi connectivity index (χ4v) is 7.21. The molecule has 0 spiro atoms. The normalized spacial score (nSPS) is 19.3. The highest BCUT2D eigenvalue weighted by atomic mass is 32.2. The van der Waals surface area contributed by atoms with Gasteiger partial charge in [-0.15, -0.1) is 5.10 Å². The summed E-state index contributed by atoms with van der Waals surface area (Å²) in [6.45, 7) is 2.48. The second kappa shape index (κ2) is 11.0. The molecule has 10 nitrogen and oxygen atoms in total. The van der Waals surface area contributed by atoms with Gasteiger partial charge in [0.2, 0.25) is 10.9 Å². The molecule has 2 heterocycles. The number of sulfonamides is 1. The third-order valence-corrected chi connectivity index (χ3v) is 10.0. The number of aromatic nitrogens is 5. The summed E-state index contributed by atoms with van der Waals surface area (Å²) in [5, 5.41) is 16.5. The summed E-state index contributed by atoms with van der Waals surface area (Å²) in [6, 6.07) is 10.5. The Morgan fingerprint density at radius 3 is 2.59 bits per heavy atom. The Balaban J connectivity index is 1.20. The van der Waals surface area contributed by atoms with Gasteiger partial charge in [-0.2, -0.15) is 19.3 Å². The summed E-state index contributed by atoms with van der Waals surface area (Å²) in [6.07, 6.45) is 8.50. The van der Waals surface area contributed by atoms with Gasteiger partial charge in [-0.1, -0.05) is 12.8 Å². The van der Waals surface area contributed by atoms with E-state index in [0.29, 0.717) is 12.8 Å². The first-order valence-corrected chi connectivity index (χ1v) is 15.5. The summed E-state index contributed by atoms with van der Waals surface area (Å²) >= 11 is 0. The first-order valence-electron chi connectivity index (χ1n) is 14.1. The van der Waals surface area contributed by atoms with E-state index in [9.17, 15) is 17.6 Å². The molecule has 2 fully saturated rings. The molecule has 0 bridgehead atoms. The van der Waals surface area contributed by atoms with E-state index in [-0.39, 0.29) is 47.7 Å². The highest BCUT2D eigenvalue weighted by molar-refractivity contribution is 7.89. The van der Waals surface area contributed by atoms with Crippen LogP contribution in [0.15, 0.2) is 53.8 Å². The molecular formula is C29H34FN7O3S. The van der Waals surface area contributed by atoms with Crippen molar-refractivity contribution < 1.29 is 17.6 Å². The number of carbonyl (C=O) groups excluding carboxylic acids is 1. The largest absolute Gasteiger partial charge is 0.353 e. The number of benzene rings is 2. The maximum absolute atomic E-state index is 13.6. The summed E-state index contributed by atoms with van der Waals surface area (Å²) in [5.74, 6) is -0.458. The zero-order valence-electron chi connectivity index (χ0n) is 23.2. The van der Waals surface area contributed by atoms with Crippen LogP contribution in [0.2, 0.25) is 0 Å². The van der Waals surface area contributed by atoms with Gasteiger partial charge >= 0.3 is 0 Å². The van der Waals surface area contributed by atoms with E-state index in [1.807, 2.05) is 19.1 Å². The quantitative estimate of drug-likeness (QED) is 0.308. The Kier molecular flexibility index (Phi) is 7.37. The molecule has 2 aromatic heterocycles. The van der Waals surface area contributed by atoms with Gasteiger partial charge in [0.05, 0.1) is 23.6 Å². The lowest BCUT2D eigenvalue weighted by molar-refractivity contribution is -0.123. The molecule has 0 aliphatic heterocycles. The molecule has 216 valence electrons. The molecule has 2 aliphatic rings. The van der Waals surface area contributed by atoms with E-state index in [2.05, 4.69) is 20.6 Å². The van der Waals surface area contributed by atoms with Crippen molar-refractivity contribution in [1.82, 2.24) is 34.4 Å². The average Bonchev–Trinajstić information content (AvgIpc) is 3.27. The molecule has 0 saturated heterocycles. The van der Waals surface area contributed by atoms with Crippen molar-refractivity contribution in [2.75, 3.05) is 13.1 Å². The van der Waals surface area contributed by atoms with E-state index < -0.39 is 10.0 Å². The Bertz CT molecular complexity index is 1680. The summed E-state index contributed by atoms with van der Waals surface area (Å²) in [4.78, 5) is 14.0. The highest BCUT2D eigenvalue weighted by Crippen LogP contribution is 2.40. The molecule has 0 unspecified atom stereocenters. The van der Waals surface area contributed by atoms with E-state index in [1.165, 1.54) is 27.4 Å². The van der Waals surface area contributed by atoms with Gasteiger partial charge in [-0.3, -0.25) is 4.79 Å². The molecule has 2 saturated carbocycles. The predicted molar refractivity (Wildman–Crippen MR) is 151 cm³/mol. The summed E-state index contributed by atoms with van der Waals surface area (Å²) < 4.78 is 43.9. The van der Waals surface area contributed by atoms with Crippen molar-refractivity contribution in [3.05, 3.63) is 65.7 Å². The van der Waals surface area contributed by atoms with Gasteiger partial charge in [0.25, 0.3) is 10.0 Å². The molecule has 1 N–H and O–H groups in total. The van der Waals surface area contributed by atoms with Gasteiger partial charge < -0.3 is 5.32 Å². The topological polar surface area (TPSA) is 115 Å². The van der Waals surface area contributed by atoms with Crippen molar-refractivity contribution in [2.24, 2.45) is 18.9 Å². The van der Waals surface area contributed by atoms with Gasteiger partial charge in [0, 0.05) is 37.5 Å². The number of nitrogens with one attached hydrogen (secondary N) is 1. The van der Waals surface area contributed by atoms with Crippen molar-refractivity contribution in [2.45, 2.75) is 56.5 Å². The van der Waals surface area contributed by atoms with E-state index in [4.69, 9.17) is 0 Å². The van der Waals surface area contributed by atoms with Gasteiger partial charge in [-0.05, 0) is 86.1 Å². The smallest absolute Gasteiger partial charge is 0.264 e. The lowest BCUT2D eigenvalue weighted by atomic mass is 10.0. The number of nitrogens with zero attached hydrogens (tertiary/aromatic N) is 6. The second-order valence-corrected chi connectivity index (χ2v) is 13.1. The van der Waals surface area contributed by atoms with Crippen LogP contribution in [-0.2, 0) is 28.3 Å². The van der Waals surface area contributed by atoms with Crippen LogP contribution in [0.4, 0.5) is 4.39 Å². The number of aryl methyl sites for hydroxylation is 2. The van der Waals surface area contributed by atoms with Crippen LogP contribution in [-0.4, -0.2) is 62.5 Å². The monoisotopic (exact) mass is 579 g/mol. The number of halogens is 1. The fraction of sp³-hybridized carbons (Fsp3) is 0.448. The van der Waals surface area contributed by atoms with E-state index in [0.717, 1.165) is 53.4 Å². The zero-order chi connectivity index (χ0) is 28.7. The Labute approximate surface area is 238 Å². The van der Waals surface area contributed by atoms with Crippen LogP contribution in [0.25, 0.3) is 16.6 Å². The number of amides is 1. The van der Waals surface area contributed by atoms with Crippen molar-refractivity contribution >= 4 is 26.8 Å². The molecule has 6 rings (SSSR count). The second-order valence-electron chi connectivity index (χ2n) is 11.2. The minimum absolute atomic E-state index is 0.0274. The predicted octanol–water partition coefficient (Wildman–Crippen LogP) is 3.53. The standard InChI is InChI=1S/C29H34FN7O3S/c1-19-13-27-21(16-32-37(27)25-9-7-23(30)8-10-25)14-20(19)11-12-36(41(39,40)28-17-31-35(2)34-28)18-22-15-26(22)29(38)33-24-5-3-4-6-24/h7-10,13-14,16-17,22,24,26H,3-6,11-12,15,18H2,1-2H3,(H,33,38)/t22-,26+/m0/s1. The molecule has 2 aromatic carbocycles. The lowest BCUT2D eigenvalue weighted by Crippen LogP contribution is -2.37. The van der Waals surface area contributed by atoms with Gasteiger partial charge in [-0.25, -0.2) is 17.5 Å². The Hall–Kier alpha value is -3.64. The molecule has 2 atom stereocenters. The highest BCUT2D eigenvalue weighted by Gasteiger charge is 2.46. The third-order valence-electron chi connectivity index (χ3n) is 8.31. The third kappa shape index (κ3) is 5.76. The first kappa shape index (κ1) is 27.5. The fourth-order valence-electron chi connectivity index (χ4n) is 5.83. The summed E-state index contributed by atoms with van der Waals surface area (Å²) in [7, 11) is -2.33. The molecule has 0 radical (unpaired) electrons. The number of hydrogen-bond donors (Lipinski definition) is 1. The average molecular weight is 580 g/mol. The number of fused-ring (bicyclic) bond motifs is 1. The molecule has 4 aromatic rings. The molecular weight excluding hydrogens is 545 g/mol. The van der Waals surface area contributed by atoms with Crippen LogP contribution in [0.5, 0.6) is 0 Å². The van der Waals surface area contributed by atoms with Crippen LogP contribution in [0, 0.1) is 24.6 Å². The van der Waals surface area contributed by atoms with E-state index >= 15 is 0 Å². The Morgan fingerprint density at radius 1 is 1.12 bits per heavy atom. The molecule has 41 heavy (non-hydrogen) atoms. The summed E-state index contributed by atoms with van der Waals surface area (Å²) in [5.41, 5.74) is 3.64.